The zero-order valence-corrected chi connectivity index (χ0v) is 14.3. The smallest absolute Gasteiger partial charge is 0.261 e. The van der Waals surface area contributed by atoms with Gasteiger partial charge in [-0.05, 0) is 31.4 Å². The molecule has 0 aliphatic carbocycles. The monoisotopic (exact) mass is 345 g/mol. The lowest BCUT2D eigenvalue weighted by atomic mass is 10.1. The first-order valence-electron chi connectivity index (χ1n) is 8.10. The van der Waals surface area contributed by atoms with E-state index in [0.717, 1.165) is 17.8 Å². The maximum absolute atomic E-state index is 12.9. The third kappa shape index (κ3) is 2.43. The van der Waals surface area contributed by atoms with Crippen molar-refractivity contribution in [2.45, 2.75) is 25.8 Å². The average molecular weight is 345 g/mol. The summed E-state index contributed by atoms with van der Waals surface area (Å²) in [6, 6.07) is 7.76. The van der Waals surface area contributed by atoms with Gasteiger partial charge in [-0.25, -0.2) is 8.42 Å². The molecule has 7 heteroatoms. The van der Waals surface area contributed by atoms with Gasteiger partial charge in [0, 0.05) is 17.9 Å². The number of benzene rings is 1. The molecule has 1 saturated heterocycles. The molecule has 3 heterocycles. The predicted octanol–water partition coefficient (Wildman–Crippen LogP) is 1.75. The first kappa shape index (κ1) is 15.4. The highest BCUT2D eigenvalue weighted by molar-refractivity contribution is 7.91. The maximum Gasteiger partial charge on any atom is 0.261 e. The van der Waals surface area contributed by atoms with E-state index in [1.54, 1.807) is 15.8 Å². The molecule has 126 valence electrons. The van der Waals surface area contributed by atoms with Gasteiger partial charge in [0.05, 0.1) is 29.3 Å². The van der Waals surface area contributed by atoms with Crippen molar-refractivity contribution in [1.29, 1.82) is 0 Å². The number of sulfone groups is 1. The van der Waals surface area contributed by atoms with Crippen molar-refractivity contribution in [3.8, 4) is 0 Å². The van der Waals surface area contributed by atoms with Crippen LogP contribution >= 0.6 is 0 Å². The molecular formula is C17H19N3O3S. The zero-order valence-electron chi connectivity index (χ0n) is 13.5. The molecule has 1 atom stereocenters. The maximum atomic E-state index is 12.9. The molecule has 2 aliphatic heterocycles. The lowest BCUT2D eigenvalue weighted by Crippen LogP contribution is -2.29. The first-order valence-corrected chi connectivity index (χ1v) is 9.93. The Bertz CT molecular complexity index is 917. The van der Waals surface area contributed by atoms with Gasteiger partial charge < -0.3 is 4.90 Å². The Morgan fingerprint density at radius 3 is 2.83 bits per heavy atom. The van der Waals surface area contributed by atoms with Gasteiger partial charge in [-0.2, -0.15) is 5.10 Å². The summed E-state index contributed by atoms with van der Waals surface area (Å²) in [5.41, 5.74) is 3.43. The number of hydrogen-bond donors (Lipinski definition) is 0. The molecule has 6 nitrogen and oxygen atoms in total. The molecule has 0 spiro atoms. The molecule has 1 aromatic heterocycles. The van der Waals surface area contributed by atoms with Crippen LogP contribution in [0.25, 0.3) is 0 Å². The Morgan fingerprint density at radius 2 is 2.08 bits per heavy atom. The Morgan fingerprint density at radius 1 is 1.29 bits per heavy atom. The van der Waals surface area contributed by atoms with E-state index in [2.05, 4.69) is 5.10 Å². The minimum absolute atomic E-state index is 0.0652. The number of aromatic nitrogens is 2. The zero-order chi connectivity index (χ0) is 16.9. The third-order valence-electron chi connectivity index (χ3n) is 4.96. The molecule has 0 bridgehead atoms. The van der Waals surface area contributed by atoms with E-state index < -0.39 is 9.84 Å². The number of carbonyl (C=O) groups excluding carboxylic acids is 1. The fourth-order valence-corrected chi connectivity index (χ4v) is 5.36. The Kier molecular flexibility index (Phi) is 3.49. The van der Waals surface area contributed by atoms with E-state index in [4.69, 9.17) is 0 Å². The highest BCUT2D eigenvalue weighted by atomic mass is 32.2. The van der Waals surface area contributed by atoms with Gasteiger partial charge in [-0.15, -0.1) is 0 Å². The molecule has 0 saturated carbocycles. The standard InChI is InChI=1S/C17H19N3O3S/c1-12-15(10-18-20(12)14-7-9-24(22,23)11-14)17(21)19-8-6-13-4-2-3-5-16(13)19/h2-5,10,14H,6-9,11H2,1H3. The van der Waals surface area contributed by atoms with Crippen molar-refractivity contribution in [2.24, 2.45) is 0 Å². The van der Waals surface area contributed by atoms with Gasteiger partial charge in [0.1, 0.15) is 0 Å². The highest BCUT2D eigenvalue weighted by Crippen LogP contribution is 2.30. The molecule has 2 aliphatic rings. The second-order valence-corrected chi connectivity index (χ2v) is 8.71. The van der Waals surface area contributed by atoms with Crippen LogP contribution in [0.3, 0.4) is 0 Å². The highest BCUT2D eigenvalue weighted by Gasteiger charge is 2.33. The van der Waals surface area contributed by atoms with E-state index in [1.807, 2.05) is 31.2 Å². The fourth-order valence-electron chi connectivity index (χ4n) is 3.66. The van der Waals surface area contributed by atoms with Crippen molar-refractivity contribution >= 4 is 21.4 Å². The van der Waals surface area contributed by atoms with Crippen LogP contribution in [0.2, 0.25) is 0 Å². The van der Waals surface area contributed by atoms with Crippen LogP contribution < -0.4 is 4.90 Å². The first-order chi connectivity index (χ1) is 11.5. The van der Waals surface area contributed by atoms with Crippen LogP contribution in [-0.2, 0) is 16.3 Å². The van der Waals surface area contributed by atoms with Gasteiger partial charge >= 0.3 is 0 Å². The Labute approximate surface area is 141 Å². The van der Waals surface area contributed by atoms with Crippen LogP contribution in [0, 0.1) is 6.92 Å². The Hall–Kier alpha value is -2.15. The van der Waals surface area contributed by atoms with Gasteiger partial charge in [0.25, 0.3) is 5.91 Å². The quantitative estimate of drug-likeness (QED) is 0.831. The number of para-hydroxylation sites is 1. The molecule has 1 fully saturated rings. The van der Waals surface area contributed by atoms with Gasteiger partial charge in [-0.3, -0.25) is 9.48 Å². The second-order valence-electron chi connectivity index (χ2n) is 6.48. The number of hydrogen-bond acceptors (Lipinski definition) is 4. The fraction of sp³-hybridized carbons (Fsp3) is 0.412. The summed E-state index contributed by atoms with van der Waals surface area (Å²) in [5.74, 6) is 0.236. The van der Waals surface area contributed by atoms with Crippen molar-refractivity contribution < 1.29 is 13.2 Å². The third-order valence-corrected chi connectivity index (χ3v) is 6.71. The number of nitrogens with zero attached hydrogens (tertiary/aromatic N) is 3. The number of fused-ring (bicyclic) bond motifs is 1. The minimum atomic E-state index is -2.98. The largest absolute Gasteiger partial charge is 0.308 e. The van der Waals surface area contributed by atoms with Crippen LogP contribution in [0.4, 0.5) is 5.69 Å². The summed E-state index contributed by atoms with van der Waals surface area (Å²) in [6.07, 6.45) is 2.99. The van der Waals surface area contributed by atoms with Crippen molar-refractivity contribution in [1.82, 2.24) is 9.78 Å². The number of amides is 1. The summed E-state index contributed by atoms with van der Waals surface area (Å²) < 4.78 is 25.1. The van der Waals surface area contributed by atoms with Crippen LogP contribution in [-0.4, -0.2) is 42.2 Å². The molecule has 0 N–H and O–H groups in total. The normalized spacial score (nSPS) is 21.9. The summed E-state index contributed by atoms with van der Waals surface area (Å²) in [5, 5.41) is 4.32. The van der Waals surface area contributed by atoms with Crippen LogP contribution in [0.5, 0.6) is 0 Å². The van der Waals surface area contributed by atoms with Gasteiger partial charge in [-0.1, -0.05) is 18.2 Å². The number of carbonyl (C=O) groups is 1. The molecule has 24 heavy (non-hydrogen) atoms. The molecule has 1 unspecified atom stereocenters. The van der Waals surface area contributed by atoms with Crippen molar-refractivity contribution in [3.05, 3.63) is 47.3 Å². The van der Waals surface area contributed by atoms with Crippen LogP contribution in [0.15, 0.2) is 30.5 Å². The molecule has 1 amide bonds. The molecular weight excluding hydrogens is 326 g/mol. The molecule has 4 rings (SSSR count). The topological polar surface area (TPSA) is 72.3 Å². The van der Waals surface area contributed by atoms with Gasteiger partial charge in [0.2, 0.25) is 0 Å². The van der Waals surface area contributed by atoms with Crippen molar-refractivity contribution in [2.75, 3.05) is 23.0 Å². The van der Waals surface area contributed by atoms with E-state index in [9.17, 15) is 13.2 Å². The second kappa shape index (κ2) is 5.44. The number of anilines is 1. The molecule has 2 aromatic rings. The van der Waals surface area contributed by atoms with Crippen molar-refractivity contribution in [3.63, 3.8) is 0 Å². The van der Waals surface area contributed by atoms with E-state index >= 15 is 0 Å². The predicted molar refractivity (Wildman–Crippen MR) is 91.1 cm³/mol. The summed E-state index contributed by atoms with van der Waals surface area (Å²) in [6.45, 7) is 2.51. The average Bonchev–Trinajstić information content (AvgIpc) is 3.23. The van der Waals surface area contributed by atoms with Gasteiger partial charge in [0.15, 0.2) is 9.84 Å². The van der Waals surface area contributed by atoms with E-state index in [0.29, 0.717) is 18.5 Å². The minimum Gasteiger partial charge on any atom is -0.308 e. The summed E-state index contributed by atoms with van der Waals surface area (Å²) in [4.78, 5) is 14.7. The Balaban J connectivity index is 1.63. The summed E-state index contributed by atoms with van der Waals surface area (Å²) >= 11 is 0. The molecule has 1 aromatic carbocycles. The summed E-state index contributed by atoms with van der Waals surface area (Å²) in [7, 11) is -2.98. The lowest BCUT2D eigenvalue weighted by molar-refractivity contribution is 0.0988. The SMILES string of the molecule is Cc1c(C(=O)N2CCc3ccccc32)cnn1C1CCS(=O)(=O)C1. The van der Waals surface area contributed by atoms with E-state index in [-0.39, 0.29) is 23.5 Å². The van der Waals surface area contributed by atoms with E-state index in [1.165, 1.54) is 5.56 Å². The molecule has 0 radical (unpaired) electrons. The lowest BCUT2D eigenvalue weighted by Gasteiger charge is -2.17. The number of rotatable bonds is 2. The van der Waals surface area contributed by atoms with Crippen LogP contribution in [0.1, 0.15) is 34.1 Å².